The third kappa shape index (κ3) is 4.72. The summed E-state index contributed by atoms with van der Waals surface area (Å²) in [5.74, 6) is 0.566. The molecule has 2 aliphatic heterocycles. The largest absolute Gasteiger partial charge is 0.370 e. The van der Waals surface area contributed by atoms with Crippen LogP contribution in [0.2, 0.25) is 5.02 Å². The Hall–Kier alpha value is -1.95. The van der Waals surface area contributed by atoms with Gasteiger partial charge in [-0.15, -0.1) is 0 Å². The number of likely N-dealkylation sites (tertiary alicyclic amines) is 1. The van der Waals surface area contributed by atoms with Gasteiger partial charge in [-0.2, -0.15) is 0 Å². The smallest absolute Gasteiger partial charge is 0.319 e. The van der Waals surface area contributed by atoms with Gasteiger partial charge in [-0.3, -0.25) is 4.79 Å². The summed E-state index contributed by atoms with van der Waals surface area (Å²) in [5, 5.41) is 6.59. The number of carbonyl (C=O) groups excluding carboxylic acids is 2. The Morgan fingerprint density at radius 1 is 0.964 bits per heavy atom. The first kappa shape index (κ1) is 19.4. The van der Waals surface area contributed by atoms with Crippen LogP contribution in [0, 0.1) is 5.92 Å². The van der Waals surface area contributed by atoms with Crippen LogP contribution in [-0.2, 0) is 4.79 Å². The molecule has 1 saturated carbocycles. The van der Waals surface area contributed by atoms with Gasteiger partial charge in [0.1, 0.15) is 0 Å². The quantitative estimate of drug-likeness (QED) is 0.801. The molecule has 3 fully saturated rings. The number of amides is 3. The van der Waals surface area contributed by atoms with Gasteiger partial charge in [-0.1, -0.05) is 11.6 Å². The maximum absolute atomic E-state index is 12.4. The Balaban J connectivity index is 1.25. The highest BCUT2D eigenvalue weighted by molar-refractivity contribution is 6.33. The summed E-state index contributed by atoms with van der Waals surface area (Å²) in [6.45, 7) is 3.54. The first-order valence-electron chi connectivity index (χ1n) is 10.5. The van der Waals surface area contributed by atoms with Crippen LogP contribution in [0.3, 0.4) is 0 Å². The van der Waals surface area contributed by atoms with Gasteiger partial charge >= 0.3 is 6.03 Å². The number of anilines is 2. The van der Waals surface area contributed by atoms with Crippen LogP contribution in [0.4, 0.5) is 16.2 Å². The number of piperidine rings is 2. The second-order valence-corrected chi connectivity index (χ2v) is 8.59. The molecule has 0 radical (unpaired) electrons. The molecule has 2 N–H and O–H groups in total. The van der Waals surface area contributed by atoms with E-state index in [1.165, 1.54) is 19.3 Å². The number of hydrogen-bond donors (Lipinski definition) is 2. The molecule has 3 aliphatic rings. The number of halogens is 1. The molecule has 1 aromatic carbocycles. The van der Waals surface area contributed by atoms with Crippen molar-refractivity contribution in [2.24, 2.45) is 5.92 Å². The molecule has 0 atom stereocenters. The molecular formula is C21H29ClN4O2. The Morgan fingerprint density at radius 3 is 2.32 bits per heavy atom. The van der Waals surface area contributed by atoms with E-state index in [-0.39, 0.29) is 18.0 Å². The van der Waals surface area contributed by atoms with Crippen molar-refractivity contribution in [1.82, 2.24) is 10.2 Å². The van der Waals surface area contributed by atoms with E-state index in [0.717, 1.165) is 57.5 Å². The average molecular weight is 405 g/mol. The van der Waals surface area contributed by atoms with Gasteiger partial charge in [0.05, 0.1) is 10.7 Å². The monoisotopic (exact) mass is 404 g/mol. The molecule has 6 nitrogen and oxygen atoms in total. The molecule has 4 rings (SSSR count). The van der Waals surface area contributed by atoms with Gasteiger partial charge in [-0.05, 0) is 63.1 Å². The van der Waals surface area contributed by atoms with Crippen molar-refractivity contribution in [1.29, 1.82) is 0 Å². The molecule has 1 aromatic rings. The summed E-state index contributed by atoms with van der Waals surface area (Å²) < 4.78 is 0. The SMILES string of the molecule is O=C(Nc1ccc(N2CCCCC2)c(Cl)c1)NC1CCN(C(=O)C2CC2)CC1. The molecule has 7 heteroatoms. The zero-order valence-corrected chi connectivity index (χ0v) is 17.0. The van der Waals surface area contributed by atoms with Crippen molar-refractivity contribution in [3.63, 3.8) is 0 Å². The minimum atomic E-state index is -0.214. The van der Waals surface area contributed by atoms with Gasteiger partial charge in [0.15, 0.2) is 0 Å². The molecule has 0 spiro atoms. The lowest BCUT2D eigenvalue weighted by Gasteiger charge is -2.32. The number of urea groups is 1. The molecule has 152 valence electrons. The fourth-order valence-electron chi connectivity index (χ4n) is 4.16. The molecule has 0 unspecified atom stereocenters. The first-order valence-corrected chi connectivity index (χ1v) is 10.9. The lowest BCUT2D eigenvalue weighted by Crippen LogP contribution is -2.47. The fourth-order valence-corrected chi connectivity index (χ4v) is 4.46. The number of benzene rings is 1. The number of carbonyl (C=O) groups is 2. The van der Waals surface area contributed by atoms with Gasteiger partial charge in [0.2, 0.25) is 5.91 Å². The standard InChI is InChI=1S/C21H29ClN4O2/c22-18-14-17(6-7-19(18)25-10-2-1-3-11-25)24-21(28)23-16-8-12-26(13-9-16)20(27)15-4-5-15/h6-7,14-16H,1-5,8-13H2,(H2,23,24,28). The number of nitrogens with zero attached hydrogens (tertiary/aromatic N) is 2. The van der Waals surface area contributed by atoms with Gasteiger partial charge in [-0.25, -0.2) is 4.79 Å². The highest BCUT2D eigenvalue weighted by Gasteiger charge is 2.35. The first-order chi connectivity index (χ1) is 13.6. The van der Waals surface area contributed by atoms with E-state index in [1.54, 1.807) is 0 Å². The molecule has 28 heavy (non-hydrogen) atoms. The third-order valence-electron chi connectivity index (χ3n) is 5.97. The highest BCUT2D eigenvalue weighted by atomic mass is 35.5. The van der Waals surface area contributed by atoms with Crippen molar-refractivity contribution < 1.29 is 9.59 Å². The third-order valence-corrected chi connectivity index (χ3v) is 6.27. The molecule has 2 heterocycles. The van der Waals surface area contributed by atoms with E-state index >= 15 is 0 Å². The molecular weight excluding hydrogens is 376 g/mol. The van der Waals surface area contributed by atoms with Gasteiger partial charge in [0.25, 0.3) is 0 Å². The van der Waals surface area contributed by atoms with Crippen molar-refractivity contribution in [2.45, 2.75) is 51.0 Å². The van der Waals surface area contributed by atoms with E-state index in [9.17, 15) is 9.59 Å². The summed E-state index contributed by atoms with van der Waals surface area (Å²) in [6, 6.07) is 5.61. The second kappa shape index (κ2) is 8.60. The summed E-state index contributed by atoms with van der Waals surface area (Å²) in [6.07, 6.45) is 7.37. The Labute approximate surface area is 171 Å². The lowest BCUT2D eigenvalue weighted by molar-refractivity contribution is -0.133. The number of hydrogen-bond acceptors (Lipinski definition) is 3. The van der Waals surface area contributed by atoms with Gasteiger partial charge in [0, 0.05) is 43.8 Å². The Kier molecular flexibility index (Phi) is 5.95. The minimum Gasteiger partial charge on any atom is -0.370 e. The van der Waals surface area contributed by atoms with Crippen LogP contribution < -0.4 is 15.5 Å². The fraction of sp³-hybridized carbons (Fsp3) is 0.619. The van der Waals surface area contributed by atoms with Crippen LogP contribution in [0.15, 0.2) is 18.2 Å². The van der Waals surface area contributed by atoms with E-state index in [1.807, 2.05) is 23.1 Å². The van der Waals surface area contributed by atoms with E-state index < -0.39 is 0 Å². The van der Waals surface area contributed by atoms with Crippen LogP contribution in [0.25, 0.3) is 0 Å². The summed E-state index contributed by atoms with van der Waals surface area (Å²) in [7, 11) is 0. The molecule has 0 aromatic heterocycles. The Bertz CT molecular complexity index is 723. The molecule has 1 aliphatic carbocycles. The molecule has 0 bridgehead atoms. The van der Waals surface area contributed by atoms with E-state index in [2.05, 4.69) is 15.5 Å². The van der Waals surface area contributed by atoms with Crippen LogP contribution in [0.5, 0.6) is 0 Å². The van der Waals surface area contributed by atoms with Crippen LogP contribution >= 0.6 is 11.6 Å². The normalized spacial score (nSPS) is 20.8. The Morgan fingerprint density at radius 2 is 1.68 bits per heavy atom. The van der Waals surface area contributed by atoms with Crippen LogP contribution in [0.1, 0.15) is 44.9 Å². The maximum Gasteiger partial charge on any atom is 0.319 e. The topological polar surface area (TPSA) is 64.7 Å². The zero-order chi connectivity index (χ0) is 19.5. The summed E-state index contributed by atoms with van der Waals surface area (Å²) >= 11 is 6.46. The van der Waals surface area contributed by atoms with Crippen molar-refractivity contribution in [2.75, 3.05) is 36.4 Å². The molecule has 2 saturated heterocycles. The van der Waals surface area contributed by atoms with E-state index in [4.69, 9.17) is 11.6 Å². The van der Waals surface area contributed by atoms with Crippen LogP contribution in [-0.4, -0.2) is 49.1 Å². The van der Waals surface area contributed by atoms with E-state index in [0.29, 0.717) is 16.6 Å². The van der Waals surface area contributed by atoms with Crippen molar-refractivity contribution in [3.05, 3.63) is 23.2 Å². The van der Waals surface area contributed by atoms with Crippen molar-refractivity contribution in [3.8, 4) is 0 Å². The predicted molar refractivity (Wildman–Crippen MR) is 112 cm³/mol. The summed E-state index contributed by atoms with van der Waals surface area (Å²) in [4.78, 5) is 28.7. The lowest BCUT2D eigenvalue weighted by atomic mass is 10.0. The summed E-state index contributed by atoms with van der Waals surface area (Å²) in [5.41, 5.74) is 1.74. The highest BCUT2D eigenvalue weighted by Crippen LogP contribution is 2.32. The predicted octanol–water partition coefficient (Wildman–Crippen LogP) is 3.85. The average Bonchev–Trinajstić information content (AvgIpc) is 3.54. The van der Waals surface area contributed by atoms with Gasteiger partial charge < -0.3 is 20.4 Å². The van der Waals surface area contributed by atoms with Crippen molar-refractivity contribution >= 4 is 34.9 Å². The second-order valence-electron chi connectivity index (χ2n) is 8.19. The maximum atomic E-state index is 12.4. The minimum absolute atomic E-state index is 0.103. The zero-order valence-electron chi connectivity index (χ0n) is 16.3. The number of rotatable bonds is 4. The number of nitrogens with one attached hydrogen (secondary N) is 2. The molecule has 3 amide bonds.